The lowest BCUT2D eigenvalue weighted by Gasteiger charge is -2.09. The summed E-state index contributed by atoms with van der Waals surface area (Å²) in [5.41, 5.74) is 6.05. The molecule has 6 nitrogen and oxygen atoms in total. The zero-order chi connectivity index (χ0) is 11.4. The van der Waals surface area contributed by atoms with Crippen LogP contribution in [0.25, 0.3) is 0 Å². The highest BCUT2D eigenvalue weighted by atomic mass is 16.6. The maximum atomic E-state index is 10.6. The molecule has 0 aliphatic heterocycles. The summed E-state index contributed by atoms with van der Waals surface area (Å²) in [4.78, 5) is 10.0. The van der Waals surface area contributed by atoms with E-state index in [-0.39, 0.29) is 18.0 Å². The van der Waals surface area contributed by atoms with Gasteiger partial charge in [-0.05, 0) is 11.6 Å². The highest BCUT2D eigenvalue weighted by Crippen LogP contribution is 2.29. The number of ether oxygens (including phenoxy) is 1. The molecule has 1 atom stereocenters. The van der Waals surface area contributed by atoms with Gasteiger partial charge in [-0.3, -0.25) is 10.1 Å². The molecule has 0 radical (unpaired) electrons. The van der Waals surface area contributed by atoms with Crippen molar-refractivity contribution < 1.29 is 14.8 Å². The van der Waals surface area contributed by atoms with Gasteiger partial charge >= 0.3 is 5.69 Å². The molecular weight excluding hydrogens is 200 g/mol. The predicted molar refractivity (Wildman–Crippen MR) is 53.7 cm³/mol. The van der Waals surface area contributed by atoms with Crippen molar-refractivity contribution in [2.24, 2.45) is 5.73 Å². The number of rotatable bonds is 4. The van der Waals surface area contributed by atoms with Gasteiger partial charge in [-0.1, -0.05) is 6.07 Å². The van der Waals surface area contributed by atoms with Crippen molar-refractivity contribution >= 4 is 5.69 Å². The third-order valence-corrected chi connectivity index (χ3v) is 2.03. The van der Waals surface area contributed by atoms with Gasteiger partial charge in [-0.25, -0.2) is 0 Å². The highest BCUT2D eigenvalue weighted by molar-refractivity contribution is 5.49. The van der Waals surface area contributed by atoms with Crippen LogP contribution >= 0.6 is 0 Å². The van der Waals surface area contributed by atoms with Gasteiger partial charge in [0.05, 0.1) is 24.7 Å². The first kappa shape index (κ1) is 11.4. The molecular formula is C9H12N2O4. The predicted octanol–water partition coefficient (Wildman–Crippen LogP) is 0.595. The molecule has 0 saturated heterocycles. The molecule has 0 bridgehead atoms. The number of nitro benzene ring substituents is 1. The Labute approximate surface area is 86.4 Å². The number of nitrogens with two attached hydrogens (primary N) is 1. The molecule has 0 fully saturated rings. The first-order valence-corrected chi connectivity index (χ1v) is 4.29. The fourth-order valence-electron chi connectivity index (χ4n) is 1.18. The van der Waals surface area contributed by atoms with E-state index in [2.05, 4.69) is 0 Å². The van der Waals surface area contributed by atoms with Gasteiger partial charge in [0.15, 0.2) is 5.75 Å². The number of hydrogen-bond acceptors (Lipinski definition) is 5. The standard InChI is InChI=1S/C9H12N2O4/c1-15-9-4-6(7(10)5-12)2-3-8(9)11(13)14/h2-4,7,12H,5,10H2,1H3/t7-/m1/s1. The van der Waals surface area contributed by atoms with Crippen molar-refractivity contribution in [3.05, 3.63) is 33.9 Å². The molecule has 0 heterocycles. The smallest absolute Gasteiger partial charge is 0.310 e. The number of aliphatic hydroxyl groups is 1. The summed E-state index contributed by atoms with van der Waals surface area (Å²) in [5, 5.41) is 19.4. The lowest BCUT2D eigenvalue weighted by atomic mass is 10.1. The van der Waals surface area contributed by atoms with Crippen LogP contribution in [0.4, 0.5) is 5.69 Å². The van der Waals surface area contributed by atoms with Crippen molar-refractivity contribution in [3.63, 3.8) is 0 Å². The first-order valence-electron chi connectivity index (χ1n) is 4.29. The Morgan fingerprint density at radius 2 is 2.33 bits per heavy atom. The SMILES string of the molecule is COc1cc([C@H](N)CO)ccc1[N+](=O)[O-]. The molecule has 3 N–H and O–H groups in total. The average molecular weight is 212 g/mol. The molecule has 15 heavy (non-hydrogen) atoms. The second kappa shape index (κ2) is 4.72. The highest BCUT2D eigenvalue weighted by Gasteiger charge is 2.16. The van der Waals surface area contributed by atoms with Crippen molar-refractivity contribution in [1.82, 2.24) is 0 Å². The Morgan fingerprint density at radius 3 is 2.80 bits per heavy atom. The third kappa shape index (κ3) is 2.42. The quantitative estimate of drug-likeness (QED) is 0.562. The van der Waals surface area contributed by atoms with Crippen LogP contribution in [0.1, 0.15) is 11.6 Å². The Bertz CT molecular complexity index is 367. The summed E-state index contributed by atoms with van der Waals surface area (Å²) in [6, 6.07) is 3.71. The van der Waals surface area contributed by atoms with Crippen molar-refractivity contribution in [2.75, 3.05) is 13.7 Å². The van der Waals surface area contributed by atoms with Crippen LogP contribution in [-0.2, 0) is 0 Å². The minimum absolute atomic E-state index is 0.119. The topological polar surface area (TPSA) is 98.6 Å². The summed E-state index contributed by atoms with van der Waals surface area (Å²) in [6.45, 7) is -0.221. The molecule has 82 valence electrons. The molecule has 0 spiro atoms. The van der Waals surface area contributed by atoms with Crippen LogP contribution in [0.15, 0.2) is 18.2 Å². The van der Waals surface area contributed by atoms with Crippen LogP contribution < -0.4 is 10.5 Å². The minimum atomic E-state index is -0.556. The zero-order valence-electron chi connectivity index (χ0n) is 8.21. The summed E-state index contributed by atoms with van der Waals surface area (Å²) >= 11 is 0. The monoisotopic (exact) mass is 212 g/mol. The van der Waals surface area contributed by atoms with Crippen molar-refractivity contribution in [3.8, 4) is 5.75 Å². The van der Waals surface area contributed by atoms with Crippen LogP contribution in [0, 0.1) is 10.1 Å². The second-order valence-electron chi connectivity index (χ2n) is 2.98. The van der Waals surface area contributed by atoms with E-state index in [4.69, 9.17) is 15.6 Å². The maximum absolute atomic E-state index is 10.6. The fraction of sp³-hybridized carbons (Fsp3) is 0.333. The van der Waals surface area contributed by atoms with E-state index in [1.807, 2.05) is 0 Å². The van der Waals surface area contributed by atoms with Gasteiger partial charge in [0.1, 0.15) is 0 Å². The molecule has 1 aromatic rings. The van der Waals surface area contributed by atoms with Gasteiger partial charge in [-0.2, -0.15) is 0 Å². The molecule has 6 heteroatoms. The minimum Gasteiger partial charge on any atom is -0.490 e. The van der Waals surface area contributed by atoms with Crippen molar-refractivity contribution in [2.45, 2.75) is 6.04 Å². The van der Waals surface area contributed by atoms with E-state index >= 15 is 0 Å². The van der Waals surface area contributed by atoms with Crippen LogP contribution in [0.3, 0.4) is 0 Å². The normalized spacial score (nSPS) is 12.2. The summed E-state index contributed by atoms with van der Waals surface area (Å²) in [6.07, 6.45) is 0. The largest absolute Gasteiger partial charge is 0.490 e. The number of benzene rings is 1. The number of hydrogen-bond donors (Lipinski definition) is 2. The average Bonchev–Trinajstić information content (AvgIpc) is 2.26. The van der Waals surface area contributed by atoms with Crippen LogP contribution in [0.5, 0.6) is 5.75 Å². The van der Waals surface area contributed by atoms with E-state index in [9.17, 15) is 10.1 Å². The Balaban J connectivity index is 3.13. The van der Waals surface area contributed by atoms with Crippen LogP contribution in [-0.4, -0.2) is 23.7 Å². The summed E-state index contributed by atoms with van der Waals surface area (Å²) in [7, 11) is 1.34. The molecule has 0 saturated carbocycles. The van der Waals surface area contributed by atoms with Gasteiger partial charge in [-0.15, -0.1) is 0 Å². The lowest BCUT2D eigenvalue weighted by Crippen LogP contribution is -2.14. The summed E-state index contributed by atoms with van der Waals surface area (Å²) in [5.74, 6) is 0.140. The lowest BCUT2D eigenvalue weighted by molar-refractivity contribution is -0.385. The fourth-order valence-corrected chi connectivity index (χ4v) is 1.18. The Morgan fingerprint density at radius 1 is 1.67 bits per heavy atom. The van der Waals surface area contributed by atoms with E-state index in [0.717, 1.165) is 0 Å². The molecule has 0 aromatic heterocycles. The van der Waals surface area contributed by atoms with Gasteiger partial charge in [0.25, 0.3) is 0 Å². The van der Waals surface area contributed by atoms with E-state index in [1.165, 1.54) is 25.3 Å². The Hall–Kier alpha value is -1.66. The Kier molecular flexibility index (Phi) is 3.59. The van der Waals surface area contributed by atoms with Gasteiger partial charge in [0.2, 0.25) is 0 Å². The van der Waals surface area contributed by atoms with Gasteiger partial charge < -0.3 is 15.6 Å². The molecule has 0 amide bonds. The third-order valence-electron chi connectivity index (χ3n) is 2.03. The number of nitrogens with zero attached hydrogens (tertiary/aromatic N) is 1. The molecule has 0 aliphatic carbocycles. The number of nitro groups is 1. The zero-order valence-corrected chi connectivity index (χ0v) is 8.21. The van der Waals surface area contributed by atoms with E-state index in [1.54, 1.807) is 0 Å². The van der Waals surface area contributed by atoms with E-state index < -0.39 is 11.0 Å². The molecule has 1 rings (SSSR count). The molecule has 0 unspecified atom stereocenters. The van der Waals surface area contributed by atoms with Crippen molar-refractivity contribution in [1.29, 1.82) is 0 Å². The van der Waals surface area contributed by atoms with Crippen LogP contribution in [0.2, 0.25) is 0 Å². The van der Waals surface area contributed by atoms with Gasteiger partial charge in [0, 0.05) is 6.07 Å². The van der Waals surface area contributed by atoms with E-state index in [0.29, 0.717) is 5.56 Å². The number of aliphatic hydroxyl groups excluding tert-OH is 1. The maximum Gasteiger partial charge on any atom is 0.310 e. The summed E-state index contributed by atoms with van der Waals surface area (Å²) < 4.78 is 4.86. The molecule has 0 aliphatic rings. The number of methoxy groups -OCH3 is 1. The first-order chi connectivity index (χ1) is 7.10. The second-order valence-corrected chi connectivity index (χ2v) is 2.98. The molecule has 1 aromatic carbocycles.